The zero-order valence-corrected chi connectivity index (χ0v) is 18.7. The molecule has 1 saturated carbocycles. The Morgan fingerprint density at radius 3 is 2.56 bits per heavy atom. The number of benzene rings is 2. The van der Waals surface area contributed by atoms with Crippen molar-refractivity contribution in [2.75, 3.05) is 19.1 Å². The largest absolute Gasteiger partial charge is 0.497 e. The number of carbonyl (C=O) groups is 1. The molecule has 4 N–H and O–H groups in total. The van der Waals surface area contributed by atoms with Crippen molar-refractivity contribution < 1.29 is 24.5 Å². The Morgan fingerprint density at radius 2 is 1.88 bits per heavy atom. The Bertz CT molecular complexity index is 986. The van der Waals surface area contributed by atoms with E-state index in [4.69, 9.17) is 21.7 Å². The molecule has 2 aromatic rings. The van der Waals surface area contributed by atoms with E-state index < -0.39 is 30.2 Å². The van der Waals surface area contributed by atoms with Gasteiger partial charge in [-0.25, -0.2) is 0 Å². The van der Waals surface area contributed by atoms with Crippen LogP contribution in [0.5, 0.6) is 11.5 Å². The molecule has 2 aliphatic rings. The molecular formula is C23H27N3O5S. The van der Waals surface area contributed by atoms with Crippen LogP contribution in [0.2, 0.25) is 0 Å². The second-order valence-electron chi connectivity index (χ2n) is 7.96. The van der Waals surface area contributed by atoms with Gasteiger partial charge in [-0.2, -0.15) is 0 Å². The van der Waals surface area contributed by atoms with Gasteiger partial charge in [0.1, 0.15) is 17.6 Å². The van der Waals surface area contributed by atoms with Gasteiger partial charge in [0.25, 0.3) is 0 Å². The minimum Gasteiger partial charge on any atom is -0.497 e. The van der Waals surface area contributed by atoms with Crippen LogP contribution in [0.25, 0.3) is 0 Å². The Labute approximate surface area is 192 Å². The lowest BCUT2D eigenvalue weighted by Crippen LogP contribution is -2.60. The number of ether oxygens (including phenoxy) is 2. The van der Waals surface area contributed by atoms with E-state index in [2.05, 4.69) is 10.6 Å². The first-order valence-electron chi connectivity index (χ1n) is 10.4. The fourth-order valence-electron chi connectivity index (χ4n) is 4.55. The lowest BCUT2D eigenvalue weighted by Gasteiger charge is -2.41. The molecule has 8 nitrogen and oxygen atoms in total. The third-order valence-electron chi connectivity index (χ3n) is 6.18. The lowest BCUT2D eigenvalue weighted by molar-refractivity contribution is -0.131. The number of amides is 1. The highest BCUT2D eigenvalue weighted by Crippen LogP contribution is 2.37. The number of hydrogen-bond acceptors (Lipinski definition) is 6. The van der Waals surface area contributed by atoms with Crippen LogP contribution in [-0.2, 0) is 11.3 Å². The third kappa shape index (κ3) is 4.11. The molecule has 4 rings (SSSR count). The average molecular weight is 458 g/mol. The number of aliphatic hydroxyl groups excluding tert-OH is 2. The first-order chi connectivity index (χ1) is 15.4. The molecule has 1 heterocycles. The summed E-state index contributed by atoms with van der Waals surface area (Å²) < 4.78 is 10.6. The third-order valence-corrected chi connectivity index (χ3v) is 6.49. The fourth-order valence-corrected chi connectivity index (χ4v) is 4.91. The van der Waals surface area contributed by atoms with Crippen molar-refractivity contribution in [3.63, 3.8) is 0 Å². The van der Waals surface area contributed by atoms with Gasteiger partial charge in [-0.05, 0) is 49.0 Å². The summed E-state index contributed by atoms with van der Waals surface area (Å²) in [6, 6.07) is 13.8. The van der Waals surface area contributed by atoms with E-state index >= 15 is 0 Å². The predicted octanol–water partition coefficient (Wildman–Crippen LogP) is 1.19. The Hall–Kier alpha value is -2.88. The number of thiocarbonyl (C=S) groups is 1. The number of hydrogen-bond donors (Lipinski definition) is 4. The SMILES string of the molecule is COc1ccc(N2C(=S)NC3C(O)C(O)CC(C(=O)NCc4ccccc4OC)C32)cc1. The molecule has 1 aliphatic heterocycles. The maximum atomic E-state index is 13.3. The van der Waals surface area contributed by atoms with E-state index in [1.807, 2.05) is 53.4 Å². The van der Waals surface area contributed by atoms with Crippen LogP contribution in [0.15, 0.2) is 48.5 Å². The summed E-state index contributed by atoms with van der Waals surface area (Å²) in [5.74, 6) is 0.576. The summed E-state index contributed by atoms with van der Waals surface area (Å²) in [6.07, 6.45) is -1.96. The highest BCUT2D eigenvalue weighted by molar-refractivity contribution is 7.80. The molecule has 0 radical (unpaired) electrons. The second kappa shape index (κ2) is 9.32. The van der Waals surface area contributed by atoms with Crippen molar-refractivity contribution in [3.8, 4) is 11.5 Å². The van der Waals surface area contributed by atoms with Gasteiger partial charge < -0.3 is 35.2 Å². The quantitative estimate of drug-likeness (QED) is 0.480. The summed E-state index contributed by atoms with van der Waals surface area (Å²) in [5, 5.41) is 27.6. The van der Waals surface area contributed by atoms with Crippen LogP contribution in [0.1, 0.15) is 12.0 Å². The number of fused-ring (bicyclic) bond motifs is 1. The smallest absolute Gasteiger partial charge is 0.225 e. The van der Waals surface area contributed by atoms with E-state index in [0.29, 0.717) is 16.6 Å². The molecule has 2 aromatic carbocycles. The predicted molar refractivity (Wildman–Crippen MR) is 124 cm³/mol. The van der Waals surface area contributed by atoms with Gasteiger partial charge in [0.2, 0.25) is 5.91 Å². The second-order valence-corrected chi connectivity index (χ2v) is 8.35. The number of nitrogens with zero attached hydrogens (tertiary/aromatic N) is 1. The first-order valence-corrected chi connectivity index (χ1v) is 10.8. The minimum atomic E-state index is -1.04. The van der Waals surface area contributed by atoms with E-state index in [1.165, 1.54) is 0 Å². The number of para-hydroxylation sites is 1. The van der Waals surface area contributed by atoms with Crippen molar-refractivity contribution in [2.45, 2.75) is 37.3 Å². The summed E-state index contributed by atoms with van der Waals surface area (Å²) in [5.41, 5.74) is 1.63. The Morgan fingerprint density at radius 1 is 1.16 bits per heavy atom. The number of aliphatic hydroxyl groups is 2. The average Bonchev–Trinajstić information content (AvgIpc) is 3.17. The fraction of sp³-hybridized carbons (Fsp3) is 0.391. The highest BCUT2D eigenvalue weighted by atomic mass is 32.1. The van der Waals surface area contributed by atoms with E-state index in [9.17, 15) is 15.0 Å². The molecule has 32 heavy (non-hydrogen) atoms. The topological polar surface area (TPSA) is 103 Å². The summed E-state index contributed by atoms with van der Waals surface area (Å²) in [6.45, 7) is 0.287. The van der Waals surface area contributed by atoms with E-state index in [1.54, 1.807) is 14.2 Å². The van der Waals surface area contributed by atoms with Gasteiger partial charge in [-0.3, -0.25) is 4.79 Å². The van der Waals surface area contributed by atoms with E-state index in [-0.39, 0.29) is 18.9 Å². The zero-order chi connectivity index (χ0) is 22.8. The minimum absolute atomic E-state index is 0.122. The van der Waals surface area contributed by atoms with Gasteiger partial charge in [0.05, 0.1) is 38.3 Å². The molecule has 1 saturated heterocycles. The van der Waals surface area contributed by atoms with Crippen molar-refractivity contribution in [1.82, 2.24) is 10.6 Å². The Balaban J connectivity index is 1.59. The van der Waals surface area contributed by atoms with Gasteiger partial charge in [0.15, 0.2) is 5.11 Å². The molecule has 5 atom stereocenters. The van der Waals surface area contributed by atoms with Crippen molar-refractivity contribution in [2.24, 2.45) is 5.92 Å². The molecule has 1 aliphatic carbocycles. The summed E-state index contributed by atoms with van der Waals surface area (Å²) in [7, 11) is 3.18. The van der Waals surface area contributed by atoms with Crippen LogP contribution >= 0.6 is 12.2 Å². The molecule has 2 fully saturated rings. The van der Waals surface area contributed by atoms with Crippen LogP contribution in [0, 0.1) is 5.92 Å². The molecule has 170 valence electrons. The van der Waals surface area contributed by atoms with Gasteiger partial charge in [-0.1, -0.05) is 18.2 Å². The molecule has 9 heteroatoms. The molecule has 1 amide bonds. The van der Waals surface area contributed by atoms with Crippen LogP contribution < -0.4 is 25.0 Å². The lowest BCUT2D eigenvalue weighted by atomic mass is 9.77. The maximum Gasteiger partial charge on any atom is 0.225 e. The van der Waals surface area contributed by atoms with Crippen LogP contribution in [0.4, 0.5) is 5.69 Å². The molecular weight excluding hydrogens is 430 g/mol. The molecule has 0 bridgehead atoms. The van der Waals surface area contributed by atoms with Crippen LogP contribution in [0.3, 0.4) is 0 Å². The van der Waals surface area contributed by atoms with Crippen molar-refractivity contribution in [3.05, 3.63) is 54.1 Å². The van der Waals surface area contributed by atoms with Gasteiger partial charge in [0, 0.05) is 17.8 Å². The molecule has 0 aromatic heterocycles. The monoisotopic (exact) mass is 457 g/mol. The number of carbonyl (C=O) groups excluding carboxylic acids is 1. The number of nitrogens with one attached hydrogen (secondary N) is 2. The zero-order valence-electron chi connectivity index (χ0n) is 17.9. The maximum absolute atomic E-state index is 13.3. The van der Waals surface area contributed by atoms with E-state index in [0.717, 1.165) is 11.3 Å². The van der Waals surface area contributed by atoms with Crippen molar-refractivity contribution in [1.29, 1.82) is 0 Å². The van der Waals surface area contributed by atoms with Gasteiger partial charge >= 0.3 is 0 Å². The number of rotatable bonds is 6. The van der Waals surface area contributed by atoms with Gasteiger partial charge in [-0.15, -0.1) is 0 Å². The Kier molecular flexibility index (Phi) is 6.50. The van der Waals surface area contributed by atoms with Crippen molar-refractivity contribution >= 4 is 28.9 Å². The standard InChI is InChI=1S/C23H27N3O5S/c1-30-15-9-7-14(8-10-15)26-20-16(11-17(27)21(28)19(20)25-23(26)32)22(29)24-12-13-5-3-4-6-18(13)31-2/h3-10,16-17,19-21,27-28H,11-12H2,1-2H3,(H,24,29)(H,25,32). The number of anilines is 1. The highest BCUT2D eigenvalue weighted by Gasteiger charge is 2.53. The first kappa shape index (κ1) is 22.3. The molecule has 5 unspecified atom stereocenters. The summed E-state index contributed by atoms with van der Waals surface area (Å²) >= 11 is 5.55. The molecule has 0 spiro atoms. The number of methoxy groups -OCH3 is 2. The normalized spacial score (nSPS) is 26.8. The summed E-state index contributed by atoms with van der Waals surface area (Å²) in [4.78, 5) is 15.1. The van der Waals surface area contributed by atoms with Crippen LogP contribution in [-0.4, -0.2) is 59.7 Å².